The zero-order valence-corrected chi connectivity index (χ0v) is 19.3. The van der Waals surface area contributed by atoms with Crippen LogP contribution < -0.4 is 10.6 Å². The number of thiophene rings is 1. The van der Waals surface area contributed by atoms with Crippen LogP contribution in [0.1, 0.15) is 35.5 Å². The van der Waals surface area contributed by atoms with Crippen molar-refractivity contribution in [2.24, 2.45) is 5.73 Å². The molecular weight excluding hydrogens is 452 g/mol. The number of hydrogen-bond acceptors (Lipinski definition) is 7. The highest BCUT2D eigenvalue weighted by atomic mass is 35.5. The molecule has 0 radical (unpaired) electrons. The van der Waals surface area contributed by atoms with Crippen molar-refractivity contribution >= 4 is 56.6 Å². The largest absolute Gasteiger partial charge is 0.391 e. The molecule has 1 fully saturated rings. The molecular formula is C22H23ClN4O2S2. The minimum atomic E-state index is -0.594. The lowest BCUT2D eigenvalue weighted by molar-refractivity contribution is -0.119. The summed E-state index contributed by atoms with van der Waals surface area (Å²) in [5, 5.41) is 12.0. The van der Waals surface area contributed by atoms with Crippen LogP contribution >= 0.6 is 34.7 Å². The lowest BCUT2D eigenvalue weighted by Gasteiger charge is -2.25. The average molecular weight is 475 g/mol. The van der Waals surface area contributed by atoms with Gasteiger partial charge in [0.2, 0.25) is 5.91 Å². The van der Waals surface area contributed by atoms with E-state index in [1.54, 1.807) is 23.1 Å². The number of fused-ring (bicyclic) bond motifs is 3. The van der Waals surface area contributed by atoms with Gasteiger partial charge in [-0.3, -0.25) is 4.79 Å². The normalized spacial score (nSPS) is 20.9. The Kier molecular flexibility index (Phi) is 5.81. The van der Waals surface area contributed by atoms with Crippen LogP contribution in [0.15, 0.2) is 29.2 Å². The second kappa shape index (κ2) is 8.58. The molecule has 0 unspecified atom stereocenters. The highest BCUT2D eigenvalue weighted by molar-refractivity contribution is 7.98. The number of benzene rings is 1. The summed E-state index contributed by atoms with van der Waals surface area (Å²) in [4.78, 5) is 27.3. The van der Waals surface area contributed by atoms with Crippen LogP contribution in [-0.4, -0.2) is 39.7 Å². The molecule has 0 spiro atoms. The molecule has 9 heteroatoms. The van der Waals surface area contributed by atoms with Crippen LogP contribution in [0.25, 0.3) is 10.2 Å². The number of aliphatic hydroxyl groups is 1. The first-order valence-corrected chi connectivity index (χ1v) is 12.6. The van der Waals surface area contributed by atoms with Crippen molar-refractivity contribution in [3.8, 4) is 0 Å². The number of nitrogens with zero attached hydrogens (tertiary/aromatic N) is 3. The van der Waals surface area contributed by atoms with E-state index in [1.165, 1.54) is 16.9 Å². The SMILES string of the molecule is NC(=O)[C@@H]1C[C@@H](O)CN1c1nc(CSc2ccc(Cl)cc2)nc2sc3c(c12)CCCC3. The van der Waals surface area contributed by atoms with Crippen LogP contribution in [0, 0.1) is 0 Å². The fourth-order valence-electron chi connectivity index (χ4n) is 4.45. The Morgan fingerprint density at radius 1 is 1.26 bits per heavy atom. The van der Waals surface area contributed by atoms with Crippen molar-refractivity contribution in [2.75, 3.05) is 11.4 Å². The Labute approximate surface area is 193 Å². The first-order valence-electron chi connectivity index (χ1n) is 10.4. The summed E-state index contributed by atoms with van der Waals surface area (Å²) < 4.78 is 0. The van der Waals surface area contributed by atoms with E-state index in [9.17, 15) is 9.90 Å². The number of primary amides is 1. The highest BCUT2D eigenvalue weighted by Crippen LogP contribution is 2.41. The summed E-state index contributed by atoms with van der Waals surface area (Å²) in [6.45, 7) is 0.355. The second-order valence-corrected chi connectivity index (χ2v) is 10.6. The number of carbonyl (C=O) groups excluding carboxylic acids is 1. The van der Waals surface area contributed by atoms with Crippen LogP contribution in [0.5, 0.6) is 0 Å². The molecule has 0 saturated carbocycles. The summed E-state index contributed by atoms with van der Waals surface area (Å²) in [7, 11) is 0. The zero-order chi connectivity index (χ0) is 21.5. The molecule has 3 aromatic rings. The van der Waals surface area contributed by atoms with Gasteiger partial charge in [0, 0.05) is 27.8 Å². The summed E-state index contributed by atoms with van der Waals surface area (Å²) in [5.74, 6) is 1.64. The number of amides is 1. The molecule has 3 N–H and O–H groups in total. The van der Waals surface area contributed by atoms with Gasteiger partial charge in [0.25, 0.3) is 0 Å². The lowest BCUT2D eigenvalue weighted by Crippen LogP contribution is -2.41. The predicted octanol–water partition coefficient (Wildman–Crippen LogP) is 3.94. The van der Waals surface area contributed by atoms with E-state index in [-0.39, 0.29) is 0 Å². The molecule has 31 heavy (non-hydrogen) atoms. The van der Waals surface area contributed by atoms with Crippen molar-refractivity contribution in [1.29, 1.82) is 0 Å². The lowest BCUT2D eigenvalue weighted by atomic mass is 9.97. The number of anilines is 1. The Balaban J connectivity index is 1.56. The maximum absolute atomic E-state index is 12.1. The van der Waals surface area contributed by atoms with E-state index >= 15 is 0 Å². The maximum Gasteiger partial charge on any atom is 0.240 e. The highest BCUT2D eigenvalue weighted by Gasteiger charge is 2.37. The molecule has 0 bridgehead atoms. The topological polar surface area (TPSA) is 92.3 Å². The molecule has 5 rings (SSSR count). The summed E-state index contributed by atoms with van der Waals surface area (Å²) in [5.41, 5.74) is 6.99. The number of rotatable bonds is 5. The molecule has 6 nitrogen and oxygen atoms in total. The molecule has 2 aromatic heterocycles. The van der Waals surface area contributed by atoms with Crippen LogP contribution in [-0.2, 0) is 23.4 Å². The standard InChI is InChI=1S/C22H23ClN4O2S2/c23-12-5-7-14(8-6-12)30-11-18-25-21(27-10-13(28)9-16(27)20(24)29)19-15-3-1-2-4-17(15)31-22(19)26-18/h5-8,13,16,28H,1-4,9-11H2,(H2,24,29)/t13-,16+/m1/s1. The number of halogens is 1. The number of carbonyl (C=O) groups is 1. The van der Waals surface area contributed by atoms with Gasteiger partial charge in [-0.15, -0.1) is 23.1 Å². The smallest absolute Gasteiger partial charge is 0.240 e. The maximum atomic E-state index is 12.1. The van der Waals surface area contributed by atoms with Gasteiger partial charge in [-0.05, 0) is 55.5 Å². The molecule has 162 valence electrons. The molecule has 1 amide bonds. The van der Waals surface area contributed by atoms with Gasteiger partial charge in [-0.1, -0.05) is 11.6 Å². The molecule has 3 heterocycles. The fraction of sp³-hybridized carbons (Fsp3) is 0.409. The molecule has 1 aliphatic heterocycles. The molecule has 1 saturated heterocycles. The Morgan fingerprint density at radius 2 is 2.03 bits per heavy atom. The number of nitrogens with two attached hydrogens (primary N) is 1. The fourth-order valence-corrected chi connectivity index (χ4v) is 6.60. The summed E-state index contributed by atoms with van der Waals surface area (Å²) >= 11 is 9.38. The van der Waals surface area contributed by atoms with Gasteiger partial charge >= 0.3 is 0 Å². The van der Waals surface area contributed by atoms with Gasteiger partial charge in [-0.2, -0.15) is 0 Å². The number of aryl methyl sites for hydroxylation is 2. The van der Waals surface area contributed by atoms with Gasteiger partial charge < -0.3 is 15.7 Å². The number of aromatic nitrogens is 2. The molecule has 2 aliphatic rings. The van der Waals surface area contributed by atoms with E-state index in [2.05, 4.69) is 0 Å². The Hall–Kier alpha value is -1.87. The third-order valence-corrected chi connectivity index (χ3v) is 8.35. The number of thioether (sulfide) groups is 1. The molecule has 1 aliphatic carbocycles. The summed E-state index contributed by atoms with van der Waals surface area (Å²) in [6.07, 6.45) is 4.14. The first-order chi connectivity index (χ1) is 15.0. The summed E-state index contributed by atoms with van der Waals surface area (Å²) in [6, 6.07) is 7.15. The van der Waals surface area contributed by atoms with Crippen molar-refractivity contribution in [3.05, 3.63) is 45.6 Å². The van der Waals surface area contributed by atoms with Crippen LogP contribution in [0.4, 0.5) is 5.82 Å². The first kappa shape index (κ1) is 21.0. The average Bonchev–Trinajstić information content (AvgIpc) is 3.33. The van der Waals surface area contributed by atoms with E-state index in [1.807, 2.05) is 29.2 Å². The minimum Gasteiger partial charge on any atom is -0.391 e. The Morgan fingerprint density at radius 3 is 2.81 bits per heavy atom. The van der Waals surface area contributed by atoms with Crippen LogP contribution in [0.3, 0.4) is 0 Å². The van der Waals surface area contributed by atoms with Gasteiger partial charge in [0.15, 0.2) is 0 Å². The molecule has 2 atom stereocenters. The van der Waals surface area contributed by atoms with Gasteiger partial charge in [0.05, 0.1) is 17.2 Å². The van der Waals surface area contributed by atoms with E-state index in [4.69, 9.17) is 27.3 Å². The number of hydrogen-bond donors (Lipinski definition) is 2. The van der Waals surface area contributed by atoms with E-state index in [0.29, 0.717) is 29.6 Å². The number of aliphatic hydroxyl groups excluding tert-OH is 1. The zero-order valence-electron chi connectivity index (χ0n) is 16.9. The van der Waals surface area contributed by atoms with Gasteiger partial charge in [0.1, 0.15) is 22.5 Å². The second-order valence-electron chi connectivity index (χ2n) is 8.06. The number of β-amino-alcohol motifs (C(OH)–C–C–N with tert-alkyl or cyclic N) is 1. The van der Waals surface area contributed by atoms with E-state index in [0.717, 1.165) is 40.2 Å². The third-order valence-electron chi connectivity index (χ3n) is 5.90. The van der Waals surface area contributed by atoms with Crippen molar-refractivity contribution in [2.45, 2.75) is 54.9 Å². The van der Waals surface area contributed by atoms with Crippen molar-refractivity contribution < 1.29 is 9.90 Å². The predicted molar refractivity (Wildman–Crippen MR) is 126 cm³/mol. The Bertz CT molecular complexity index is 1130. The monoisotopic (exact) mass is 474 g/mol. The van der Waals surface area contributed by atoms with E-state index < -0.39 is 18.1 Å². The minimum absolute atomic E-state index is 0.335. The quantitative estimate of drug-likeness (QED) is 0.544. The molecule has 1 aromatic carbocycles. The van der Waals surface area contributed by atoms with Gasteiger partial charge in [-0.25, -0.2) is 9.97 Å². The van der Waals surface area contributed by atoms with Crippen molar-refractivity contribution in [3.63, 3.8) is 0 Å². The third kappa shape index (κ3) is 4.14. The van der Waals surface area contributed by atoms with Crippen molar-refractivity contribution in [1.82, 2.24) is 9.97 Å². The van der Waals surface area contributed by atoms with Crippen LogP contribution in [0.2, 0.25) is 5.02 Å².